The van der Waals surface area contributed by atoms with Crippen LogP contribution in [0.5, 0.6) is 0 Å². The lowest BCUT2D eigenvalue weighted by Crippen LogP contribution is -2.27. The molecule has 0 radical (unpaired) electrons. The number of para-hydroxylation sites is 4. The summed E-state index contributed by atoms with van der Waals surface area (Å²) in [7, 11) is 0. The van der Waals surface area contributed by atoms with Crippen molar-refractivity contribution in [2.45, 2.75) is 19.8 Å². The number of nitrogens with zero attached hydrogens (tertiary/aromatic N) is 2. The van der Waals surface area contributed by atoms with Crippen molar-refractivity contribution in [2.75, 3.05) is 9.80 Å². The first-order valence-electron chi connectivity index (χ1n) is 19.6. The zero-order valence-electron chi connectivity index (χ0n) is 31.7. The number of hydrogen-bond donors (Lipinski definition) is 0. The topological polar surface area (TPSA) is 6.48 Å². The van der Waals surface area contributed by atoms with Crippen molar-refractivity contribution in [1.29, 1.82) is 0 Å². The fourth-order valence-electron chi connectivity index (χ4n) is 9.07. The number of benzene rings is 7. The van der Waals surface area contributed by atoms with Gasteiger partial charge < -0.3 is 9.80 Å². The molecule has 268 valence electrons. The van der Waals surface area contributed by atoms with Gasteiger partial charge in [0.1, 0.15) is 0 Å². The molecule has 0 aromatic heterocycles. The standard InChI is InChI=1S/C54H42N2/c1-37-17-15-27-49(39-19-7-3-8-20-39)53(37)55(45-23-11-5-12-24-45)47-33-41-29-31-43-35-48(36-44-32-30-42(34-47)51(41)52(43)44)56(46-25-13-6-14-26-46)54-38(2)18-16-28-50(54)40-21-9-4-10-22-40/h3-36,41,51H,1-2H3. The SMILES string of the molecule is Cc1cccc(-c2ccccc2)c1N(C1=CC2C=Cc3cc(N(c4ccccc4)c4c(C)cccc4-c4ccccc4)cc4c3C2C(=C1)C=C4)c1ccccc1. The van der Waals surface area contributed by atoms with Gasteiger partial charge in [-0.15, -0.1) is 0 Å². The first-order chi connectivity index (χ1) is 27.6. The molecule has 0 spiro atoms. The quantitative estimate of drug-likeness (QED) is 0.154. The molecule has 0 N–H and O–H groups in total. The molecule has 0 aliphatic heterocycles. The smallest absolute Gasteiger partial charge is 0.0569 e. The Morgan fingerprint density at radius 1 is 0.446 bits per heavy atom. The van der Waals surface area contributed by atoms with Gasteiger partial charge in [0.25, 0.3) is 0 Å². The van der Waals surface area contributed by atoms with Gasteiger partial charge in [0.2, 0.25) is 0 Å². The van der Waals surface area contributed by atoms with Crippen molar-refractivity contribution in [2.24, 2.45) is 5.92 Å². The Hall–Kier alpha value is -6.90. The molecule has 0 saturated heterocycles. The maximum atomic E-state index is 2.49. The van der Waals surface area contributed by atoms with Gasteiger partial charge in [-0.1, -0.05) is 164 Å². The summed E-state index contributed by atoms with van der Waals surface area (Å²) in [5.41, 5.74) is 19.7. The number of allylic oxidation sites excluding steroid dienone is 5. The molecule has 0 amide bonds. The van der Waals surface area contributed by atoms with Gasteiger partial charge in [-0.25, -0.2) is 0 Å². The molecule has 7 aromatic rings. The van der Waals surface area contributed by atoms with Crippen molar-refractivity contribution in [3.05, 3.63) is 233 Å². The number of anilines is 5. The third kappa shape index (κ3) is 5.82. The minimum Gasteiger partial charge on any atom is -0.310 e. The van der Waals surface area contributed by atoms with E-state index in [0.717, 1.165) is 17.1 Å². The van der Waals surface area contributed by atoms with E-state index >= 15 is 0 Å². The van der Waals surface area contributed by atoms with Gasteiger partial charge in [0, 0.05) is 45.7 Å². The second-order valence-corrected chi connectivity index (χ2v) is 15.0. The first kappa shape index (κ1) is 33.7. The average molecular weight is 719 g/mol. The Labute approximate surface area is 330 Å². The lowest BCUT2D eigenvalue weighted by molar-refractivity contribution is 0.656. The minimum absolute atomic E-state index is 0.216. The third-order valence-corrected chi connectivity index (χ3v) is 11.6. The molecular formula is C54H42N2. The fraction of sp³-hybridized carbons (Fsp3) is 0.0741. The van der Waals surface area contributed by atoms with Crippen LogP contribution < -0.4 is 9.80 Å². The summed E-state index contributed by atoms with van der Waals surface area (Å²) in [6.07, 6.45) is 14.4. The number of aryl methyl sites for hydroxylation is 2. The van der Waals surface area contributed by atoms with E-state index in [9.17, 15) is 0 Å². The summed E-state index contributed by atoms with van der Waals surface area (Å²) < 4.78 is 0. The second kappa shape index (κ2) is 14.1. The molecule has 10 rings (SSSR count). The molecular weight excluding hydrogens is 677 g/mol. The lowest BCUT2D eigenvalue weighted by Gasteiger charge is -2.40. The molecule has 7 aromatic carbocycles. The van der Waals surface area contributed by atoms with Crippen molar-refractivity contribution in [1.82, 2.24) is 0 Å². The predicted octanol–water partition coefficient (Wildman–Crippen LogP) is 14.5. The summed E-state index contributed by atoms with van der Waals surface area (Å²) in [6.45, 7) is 4.46. The lowest BCUT2D eigenvalue weighted by atomic mass is 9.68. The highest BCUT2D eigenvalue weighted by atomic mass is 15.2. The van der Waals surface area contributed by atoms with Crippen LogP contribution in [0, 0.1) is 19.8 Å². The molecule has 0 saturated carbocycles. The molecule has 2 heteroatoms. The van der Waals surface area contributed by atoms with Gasteiger partial charge in [0.15, 0.2) is 0 Å². The summed E-state index contributed by atoms with van der Waals surface area (Å²) in [5, 5.41) is 0. The molecule has 2 atom stereocenters. The van der Waals surface area contributed by atoms with Crippen molar-refractivity contribution in [3.8, 4) is 22.3 Å². The van der Waals surface area contributed by atoms with Gasteiger partial charge in [-0.3, -0.25) is 0 Å². The third-order valence-electron chi connectivity index (χ3n) is 11.6. The zero-order chi connectivity index (χ0) is 37.6. The highest BCUT2D eigenvalue weighted by Gasteiger charge is 2.36. The van der Waals surface area contributed by atoms with Crippen molar-refractivity contribution >= 4 is 40.6 Å². The summed E-state index contributed by atoms with van der Waals surface area (Å²) in [6, 6.07) is 61.3. The Bertz CT molecular complexity index is 2700. The molecule has 0 fully saturated rings. The minimum atomic E-state index is 0.216. The van der Waals surface area contributed by atoms with E-state index in [1.807, 2.05) is 0 Å². The highest BCUT2D eigenvalue weighted by Crippen LogP contribution is 2.52. The van der Waals surface area contributed by atoms with Gasteiger partial charge >= 0.3 is 0 Å². The van der Waals surface area contributed by atoms with Crippen LogP contribution in [0.3, 0.4) is 0 Å². The van der Waals surface area contributed by atoms with Crippen LogP contribution in [0.4, 0.5) is 28.4 Å². The van der Waals surface area contributed by atoms with Gasteiger partial charge in [-0.2, -0.15) is 0 Å². The van der Waals surface area contributed by atoms with Crippen LogP contribution in [0.2, 0.25) is 0 Å². The van der Waals surface area contributed by atoms with E-state index in [4.69, 9.17) is 0 Å². The highest BCUT2D eigenvalue weighted by molar-refractivity contribution is 5.92. The van der Waals surface area contributed by atoms with Gasteiger partial charge in [0.05, 0.1) is 11.4 Å². The Balaban J connectivity index is 1.10. The molecule has 56 heavy (non-hydrogen) atoms. The molecule has 3 aliphatic carbocycles. The Morgan fingerprint density at radius 2 is 0.946 bits per heavy atom. The largest absolute Gasteiger partial charge is 0.310 e. The number of hydrogen-bond acceptors (Lipinski definition) is 2. The molecule has 0 bridgehead atoms. The number of rotatable bonds is 8. The fourth-order valence-corrected chi connectivity index (χ4v) is 9.07. The Kier molecular flexibility index (Phi) is 8.45. The first-order valence-corrected chi connectivity index (χ1v) is 19.6. The Morgan fingerprint density at radius 3 is 1.52 bits per heavy atom. The van der Waals surface area contributed by atoms with Crippen LogP contribution in [-0.4, -0.2) is 0 Å². The van der Waals surface area contributed by atoms with Crippen LogP contribution in [0.1, 0.15) is 33.7 Å². The van der Waals surface area contributed by atoms with Crippen LogP contribution in [-0.2, 0) is 0 Å². The van der Waals surface area contributed by atoms with Gasteiger partial charge in [-0.05, 0) is 101 Å². The van der Waals surface area contributed by atoms with E-state index < -0.39 is 0 Å². The van der Waals surface area contributed by atoms with E-state index in [1.54, 1.807) is 0 Å². The molecule has 0 heterocycles. The second-order valence-electron chi connectivity index (χ2n) is 15.0. The summed E-state index contributed by atoms with van der Waals surface area (Å²) >= 11 is 0. The van der Waals surface area contributed by atoms with Crippen LogP contribution >= 0.6 is 0 Å². The maximum Gasteiger partial charge on any atom is 0.0569 e. The predicted molar refractivity (Wildman–Crippen MR) is 237 cm³/mol. The average Bonchev–Trinajstić information content (AvgIpc) is 3.25. The summed E-state index contributed by atoms with van der Waals surface area (Å²) in [5.74, 6) is 0.466. The van der Waals surface area contributed by atoms with E-state index in [2.05, 4.69) is 230 Å². The van der Waals surface area contributed by atoms with E-state index in [1.165, 1.54) is 72.7 Å². The van der Waals surface area contributed by atoms with E-state index in [0.29, 0.717) is 0 Å². The monoisotopic (exact) mass is 718 g/mol. The van der Waals surface area contributed by atoms with Crippen molar-refractivity contribution < 1.29 is 0 Å². The molecule has 3 aliphatic rings. The van der Waals surface area contributed by atoms with Crippen LogP contribution in [0.15, 0.2) is 205 Å². The molecule has 2 nitrogen and oxygen atoms in total. The van der Waals surface area contributed by atoms with E-state index in [-0.39, 0.29) is 11.8 Å². The van der Waals surface area contributed by atoms with Crippen molar-refractivity contribution in [3.63, 3.8) is 0 Å². The maximum absolute atomic E-state index is 2.49. The normalized spacial score (nSPS) is 16.1. The zero-order valence-corrected chi connectivity index (χ0v) is 31.7. The summed E-state index contributed by atoms with van der Waals surface area (Å²) in [4.78, 5) is 4.93. The molecule has 2 unspecified atom stereocenters. The van der Waals surface area contributed by atoms with Crippen LogP contribution in [0.25, 0.3) is 34.4 Å².